The summed E-state index contributed by atoms with van der Waals surface area (Å²) < 4.78 is 7.26. The van der Waals surface area contributed by atoms with Gasteiger partial charge in [-0.3, -0.25) is 10.1 Å². The van der Waals surface area contributed by atoms with Crippen molar-refractivity contribution in [2.45, 2.75) is 6.92 Å². The first-order chi connectivity index (χ1) is 13.1. The lowest BCUT2D eigenvalue weighted by Crippen LogP contribution is -2.15. The van der Waals surface area contributed by atoms with Crippen LogP contribution < -0.4 is 10.1 Å². The predicted octanol–water partition coefficient (Wildman–Crippen LogP) is 4.87. The van der Waals surface area contributed by atoms with Crippen molar-refractivity contribution in [3.63, 3.8) is 0 Å². The van der Waals surface area contributed by atoms with Crippen molar-refractivity contribution in [2.75, 3.05) is 12.4 Å². The summed E-state index contributed by atoms with van der Waals surface area (Å²) in [6.45, 7) is 2.05. The highest BCUT2D eigenvalue weighted by molar-refractivity contribution is 7.14. The first-order valence-corrected chi connectivity index (χ1v) is 9.41. The molecule has 0 saturated carbocycles. The summed E-state index contributed by atoms with van der Waals surface area (Å²) in [4.78, 5) is 17.3. The molecule has 2 aromatic carbocycles. The number of anilines is 1. The predicted molar refractivity (Wildman–Crippen MR) is 110 cm³/mol. The SMILES string of the molecule is COc1cccc2c1cc(C(=O)Nc1nc(-c3ccc(C)cc3)cs1)n2C. The largest absolute Gasteiger partial charge is 0.496 e. The monoisotopic (exact) mass is 377 g/mol. The number of aryl methyl sites for hydroxylation is 2. The molecule has 0 aliphatic heterocycles. The highest BCUT2D eigenvalue weighted by Gasteiger charge is 2.17. The number of ether oxygens (including phenoxy) is 1. The minimum Gasteiger partial charge on any atom is -0.496 e. The van der Waals surface area contributed by atoms with Gasteiger partial charge in [0.1, 0.15) is 11.4 Å². The number of aromatic nitrogens is 2. The second-order valence-corrected chi connectivity index (χ2v) is 7.20. The van der Waals surface area contributed by atoms with E-state index >= 15 is 0 Å². The molecule has 136 valence electrons. The fraction of sp³-hybridized carbons (Fsp3) is 0.143. The molecule has 6 heteroatoms. The molecule has 0 unspecified atom stereocenters. The van der Waals surface area contributed by atoms with E-state index in [4.69, 9.17) is 4.74 Å². The molecule has 5 nitrogen and oxygen atoms in total. The van der Waals surface area contributed by atoms with Crippen LogP contribution in [0.15, 0.2) is 53.9 Å². The molecule has 2 aromatic heterocycles. The van der Waals surface area contributed by atoms with Crippen LogP contribution in [0.1, 0.15) is 16.1 Å². The number of carbonyl (C=O) groups excluding carboxylic acids is 1. The molecule has 0 saturated heterocycles. The molecule has 0 aliphatic carbocycles. The van der Waals surface area contributed by atoms with Crippen LogP contribution in [0, 0.1) is 6.92 Å². The number of rotatable bonds is 4. The van der Waals surface area contributed by atoms with E-state index < -0.39 is 0 Å². The smallest absolute Gasteiger partial charge is 0.274 e. The summed E-state index contributed by atoms with van der Waals surface area (Å²) in [5.74, 6) is 0.554. The average molecular weight is 377 g/mol. The van der Waals surface area contributed by atoms with Crippen LogP contribution in [0.4, 0.5) is 5.13 Å². The molecular formula is C21H19N3O2S. The van der Waals surface area contributed by atoms with Crippen LogP contribution >= 0.6 is 11.3 Å². The molecule has 0 fully saturated rings. The summed E-state index contributed by atoms with van der Waals surface area (Å²) >= 11 is 1.41. The van der Waals surface area contributed by atoms with Gasteiger partial charge in [0, 0.05) is 23.4 Å². The molecule has 27 heavy (non-hydrogen) atoms. The molecule has 4 aromatic rings. The minimum atomic E-state index is -0.194. The van der Waals surface area contributed by atoms with Gasteiger partial charge in [0.2, 0.25) is 0 Å². The van der Waals surface area contributed by atoms with Crippen LogP contribution in [0.25, 0.3) is 22.2 Å². The topological polar surface area (TPSA) is 56.1 Å². The molecule has 0 atom stereocenters. The van der Waals surface area contributed by atoms with Gasteiger partial charge in [-0.05, 0) is 25.1 Å². The van der Waals surface area contributed by atoms with E-state index in [1.54, 1.807) is 7.11 Å². The Bertz CT molecular complexity index is 1130. The van der Waals surface area contributed by atoms with Gasteiger partial charge < -0.3 is 9.30 Å². The number of fused-ring (bicyclic) bond motifs is 1. The number of nitrogens with one attached hydrogen (secondary N) is 1. The van der Waals surface area contributed by atoms with Crippen molar-refractivity contribution in [1.82, 2.24) is 9.55 Å². The second kappa shape index (κ2) is 6.89. The first-order valence-electron chi connectivity index (χ1n) is 8.53. The van der Waals surface area contributed by atoms with Crippen LogP contribution in [-0.2, 0) is 7.05 Å². The quantitative estimate of drug-likeness (QED) is 0.552. The van der Waals surface area contributed by atoms with E-state index in [-0.39, 0.29) is 5.91 Å². The zero-order chi connectivity index (χ0) is 19.0. The maximum absolute atomic E-state index is 12.8. The number of nitrogens with zero attached hydrogens (tertiary/aromatic N) is 2. The molecule has 0 radical (unpaired) electrons. The van der Waals surface area contributed by atoms with E-state index in [0.717, 1.165) is 27.9 Å². The zero-order valence-electron chi connectivity index (χ0n) is 15.3. The van der Waals surface area contributed by atoms with E-state index in [1.807, 2.05) is 53.4 Å². The van der Waals surface area contributed by atoms with E-state index in [9.17, 15) is 4.79 Å². The zero-order valence-corrected chi connectivity index (χ0v) is 16.1. The second-order valence-electron chi connectivity index (χ2n) is 6.34. The lowest BCUT2D eigenvalue weighted by molar-refractivity contribution is 0.101. The van der Waals surface area contributed by atoms with Gasteiger partial charge in [0.25, 0.3) is 5.91 Å². The first kappa shape index (κ1) is 17.3. The fourth-order valence-electron chi connectivity index (χ4n) is 3.08. The van der Waals surface area contributed by atoms with E-state index in [1.165, 1.54) is 16.9 Å². The summed E-state index contributed by atoms with van der Waals surface area (Å²) in [6.07, 6.45) is 0. The number of amides is 1. The van der Waals surface area contributed by atoms with E-state index in [0.29, 0.717) is 10.8 Å². The molecule has 0 aliphatic rings. The minimum absolute atomic E-state index is 0.194. The molecule has 4 rings (SSSR count). The molecule has 2 heterocycles. The summed E-state index contributed by atoms with van der Waals surface area (Å²) in [5.41, 5.74) is 4.59. The normalized spacial score (nSPS) is 10.9. The molecule has 0 spiro atoms. The van der Waals surface area contributed by atoms with Crippen molar-refractivity contribution in [2.24, 2.45) is 7.05 Å². The number of carbonyl (C=O) groups is 1. The lowest BCUT2D eigenvalue weighted by Gasteiger charge is -2.04. The highest BCUT2D eigenvalue weighted by atomic mass is 32.1. The fourth-order valence-corrected chi connectivity index (χ4v) is 3.79. The van der Waals surface area contributed by atoms with Gasteiger partial charge in [-0.15, -0.1) is 11.3 Å². The summed E-state index contributed by atoms with van der Waals surface area (Å²) in [7, 11) is 3.50. The number of methoxy groups -OCH3 is 1. The van der Waals surface area contributed by atoms with Crippen LogP contribution in [0.5, 0.6) is 5.75 Å². The van der Waals surface area contributed by atoms with Crippen molar-refractivity contribution in [3.8, 4) is 17.0 Å². The van der Waals surface area contributed by atoms with Crippen molar-refractivity contribution in [3.05, 3.63) is 65.2 Å². The molecule has 1 amide bonds. The Kier molecular flexibility index (Phi) is 4.41. The average Bonchev–Trinajstić information content (AvgIpc) is 3.27. The van der Waals surface area contributed by atoms with E-state index in [2.05, 4.69) is 29.4 Å². The van der Waals surface area contributed by atoms with Gasteiger partial charge in [0.15, 0.2) is 5.13 Å². The van der Waals surface area contributed by atoms with Gasteiger partial charge in [-0.25, -0.2) is 4.98 Å². The third kappa shape index (κ3) is 3.19. The highest BCUT2D eigenvalue weighted by Crippen LogP contribution is 2.29. The van der Waals surface area contributed by atoms with Gasteiger partial charge in [-0.1, -0.05) is 35.9 Å². The Morgan fingerprint density at radius 3 is 2.70 bits per heavy atom. The van der Waals surface area contributed by atoms with Gasteiger partial charge >= 0.3 is 0 Å². The molecule has 0 bridgehead atoms. The lowest BCUT2D eigenvalue weighted by atomic mass is 10.1. The standard InChI is InChI=1S/C21H19N3O2S/c1-13-7-9-14(10-8-13)16-12-27-21(22-16)23-20(25)18-11-15-17(24(18)2)5-4-6-19(15)26-3/h4-12H,1-3H3,(H,22,23,25). The van der Waals surface area contributed by atoms with Crippen LogP contribution in [0.2, 0.25) is 0 Å². The molecule has 1 N–H and O–H groups in total. The molecular weight excluding hydrogens is 358 g/mol. The van der Waals surface area contributed by atoms with Gasteiger partial charge in [-0.2, -0.15) is 0 Å². The number of benzene rings is 2. The van der Waals surface area contributed by atoms with Crippen molar-refractivity contribution >= 4 is 33.3 Å². The number of hydrogen-bond donors (Lipinski definition) is 1. The Morgan fingerprint density at radius 1 is 1.19 bits per heavy atom. The Hall–Kier alpha value is -3.12. The Morgan fingerprint density at radius 2 is 1.96 bits per heavy atom. The number of thiazole rings is 1. The number of hydrogen-bond acceptors (Lipinski definition) is 4. The van der Waals surface area contributed by atoms with Crippen LogP contribution in [0.3, 0.4) is 0 Å². The third-order valence-electron chi connectivity index (χ3n) is 4.57. The van der Waals surface area contributed by atoms with Crippen molar-refractivity contribution in [1.29, 1.82) is 0 Å². The Labute approximate surface area is 161 Å². The Balaban J connectivity index is 1.61. The maximum atomic E-state index is 12.8. The van der Waals surface area contributed by atoms with Gasteiger partial charge in [0.05, 0.1) is 18.3 Å². The third-order valence-corrected chi connectivity index (χ3v) is 5.33. The van der Waals surface area contributed by atoms with Crippen molar-refractivity contribution < 1.29 is 9.53 Å². The summed E-state index contributed by atoms with van der Waals surface area (Å²) in [5, 5.41) is 6.34. The maximum Gasteiger partial charge on any atom is 0.274 e. The summed E-state index contributed by atoms with van der Waals surface area (Å²) in [6, 6.07) is 15.8. The van der Waals surface area contributed by atoms with Crippen LogP contribution in [-0.4, -0.2) is 22.6 Å².